The summed E-state index contributed by atoms with van der Waals surface area (Å²) in [7, 11) is -9.89. The zero-order valence-electron chi connectivity index (χ0n) is 55.8. The fourth-order valence-electron chi connectivity index (χ4n) is 9.95. The number of ether oxygens (including phenoxy) is 4. The van der Waals surface area contributed by atoms with Gasteiger partial charge in [-0.25, -0.2) is 9.13 Å². The second kappa shape index (κ2) is 58.2. The van der Waals surface area contributed by atoms with Crippen LogP contribution in [-0.4, -0.2) is 96.7 Å². The molecule has 510 valence electrons. The van der Waals surface area contributed by atoms with Crippen LogP contribution in [0.15, 0.2) is 0 Å². The molecule has 0 aliphatic heterocycles. The van der Waals surface area contributed by atoms with E-state index in [1.165, 1.54) is 135 Å². The Labute approximate surface area is 524 Å². The summed E-state index contributed by atoms with van der Waals surface area (Å²) in [5.74, 6) is 0.224. The van der Waals surface area contributed by atoms with Crippen molar-refractivity contribution in [3.05, 3.63) is 0 Å². The van der Waals surface area contributed by atoms with Crippen molar-refractivity contribution in [2.75, 3.05) is 39.6 Å². The van der Waals surface area contributed by atoms with Crippen LogP contribution in [0.5, 0.6) is 0 Å². The first kappa shape index (κ1) is 84.1. The zero-order valence-corrected chi connectivity index (χ0v) is 57.6. The lowest BCUT2D eigenvalue weighted by atomic mass is 9.99. The zero-order chi connectivity index (χ0) is 63.8. The Morgan fingerprint density at radius 1 is 0.337 bits per heavy atom. The maximum absolute atomic E-state index is 13.0. The topological polar surface area (TPSA) is 237 Å². The van der Waals surface area contributed by atoms with Gasteiger partial charge in [0.2, 0.25) is 0 Å². The highest BCUT2D eigenvalue weighted by molar-refractivity contribution is 7.47. The second-order valence-corrected chi connectivity index (χ2v) is 28.1. The average molecular weight is 1270 g/mol. The quantitative estimate of drug-likeness (QED) is 0.0222. The number of hydrogen-bond acceptors (Lipinski definition) is 15. The summed E-state index contributed by atoms with van der Waals surface area (Å²) in [6.45, 7) is 11.8. The standard InChI is InChI=1S/C67H130O17P2/c1-8-11-12-31-41-48-64(69)77-54-62(83-66(71)50-43-36-29-23-16-13-19-25-32-38-45-58(4)5)56-81-85(73,74)79-52-61(68)53-80-86(75,76)82-57-63(84-67(72)51-44-37-30-24-18-15-21-27-34-40-47-60(7)10-3)55-78-65(70)49-42-35-28-22-17-14-20-26-33-39-46-59(6)9-2/h58-63,68H,8-57H2,1-7H3,(H,73,74)(H,75,76)/t59?,60?,61-,62+,63+/m0/s1. The predicted molar refractivity (Wildman–Crippen MR) is 344 cm³/mol. The summed E-state index contributed by atoms with van der Waals surface area (Å²) in [6, 6.07) is 0. The first-order valence-corrected chi connectivity index (χ1v) is 37.9. The number of hydrogen-bond donors (Lipinski definition) is 3. The SMILES string of the molecule is CCCCCCCC(=O)OC[C@H](COP(=O)(O)OC[C@H](O)COP(=O)(O)OC[C@@H](COC(=O)CCCCCCCCCCCCC(C)CC)OC(=O)CCCCCCCCCCCCC(C)CC)OC(=O)CCCCCCCCCCCCC(C)C. The third-order valence-corrected chi connectivity index (χ3v) is 18.0. The number of unbranched alkanes of at least 4 members (excludes halogenated alkanes) is 31. The summed E-state index contributed by atoms with van der Waals surface area (Å²) in [5, 5.41) is 10.5. The van der Waals surface area contributed by atoms with Crippen LogP contribution in [0.25, 0.3) is 0 Å². The molecule has 17 nitrogen and oxygen atoms in total. The largest absolute Gasteiger partial charge is 0.472 e. The van der Waals surface area contributed by atoms with Crippen molar-refractivity contribution in [1.82, 2.24) is 0 Å². The second-order valence-electron chi connectivity index (χ2n) is 25.2. The normalized spacial score (nSPS) is 14.9. The van der Waals surface area contributed by atoms with Gasteiger partial charge in [0.05, 0.1) is 26.4 Å². The van der Waals surface area contributed by atoms with E-state index >= 15 is 0 Å². The number of aliphatic hydroxyl groups is 1. The van der Waals surface area contributed by atoms with Gasteiger partial charge >= 0.3 is 39.5 Å². The Morgan fingerprint density at radius 2 is 0.593 bits per heavy atom. The Kier molecular flexibility index (Phi) is 56.9. The molecule has 3 N–H and O–H groups in total. The molecule has 19 heteroatoms. The highest BCUT2D eigenvalue weighted by atomic mass is 31.2. The van der Waals surface area contributed by atoms with Crippen molar-refractivity contribution >= 4 is 39.5 Å². The van der Waals surface area contributed by atoms with E-state index in [9.17, 15) is 43.2 Å². The van der Waals surface area contributed by atoms with E-state index in [0.717, 1.165) is 114 Å². The summed E-state index contributed by atoms with van der Waals surface area (Å²) < 4.78 is 68.0. The molecule has 0 radical (unpaired) electrons. The van der Waals surface area contributed by atoms with Gasteiger partial charge in [0.1, 0.15) is 19.3 Å². The molecular weight excluding hydrogens is 1140 g/mol. The van der Waals surface area contributed by atoms with Crippen molar-refractivity contribution in [1.29, 1.82) is 0 Å². The molecule has 0 amide bonds. The van der Waals surface area contributed by atoms with Gasteiger partial charge in [0, 0.05) is 25.7 Å². The minimum atomic E-state index is -4.95. The van der Waals surface area contributed by atoms with E-state index < -0.39 is 97.5 Å². The van der Waals surface area contributed by atoms with Gasteiger partial charge in [-0.3, -0.25) is 37.3 Å². The lowest BCUT2D eigenvalue weighted by Gasteiger charge is -2.21. The molecule has 0 rings (SSSR count). The molecule has 0 aliphatic rings. The summed E-state index contributed by atoms with van der Waals surface area (Å²) in [6.07, 6.45) is 40.5. The Balaban J connectivity index is 5.19. The molecule has 0 fully saturated rings. The van der Waals surface area contributed by atoms with Crippen molar-refractivity contribution in [2.45, 2.75) is 349 Å². The maximum Gasteiger partial charge on any atom is 0.472 e. The molecule has 86 heavy (non-hydrogen) atoms. The molecule has 0 heterocycles. The van der Waals surface area contributed by atoms with E-state index in [4.69, 9.17) is 37.0 Å². The molecular formula is C67H130O17P2. The fraction of sp³-hybridized carbons (Fsp3) is 0.940. The number of rotatable bonds is 65. The Morgan fingerprint density at radius 3 is 0.884 bits per heavy atom. The van der Waals surface area contributed by atoms with Gasteiger partial charge in [-0.05, 0) is 43.4 Å². The Hall–Kier alpha value is -1.94. The molecule has 0 aliphatic carbocycles. The Bertz CT molecular complexity index is 1700. The number of carbonyl (C=O) groups excluding carboxylic acids is 4. The van der Waals surface area contributed by atoms with E-state index in [2.05, 4.69) is 48.5 Å². The number of esters is 4. The molecule has 0 spiro atoms. The van der Waals surface area contributed by atoms with Gasteiger partial charge in [-0.15, -0.1) is 0 Å². The highest BCUT2D eigenvalue weighted by Crippen LogP contribution is 2.45. The highest BCUT2D eigenvalue weighted by Gasteiger charge is 2.30. The van der Waals surface area contributed by atoms with Crippen molar-refractivity contribution < 1.29 is 80.2 Å². The predicted octanol–water partition coefficient (Wildman–Crippen LogP) is 18.7. The molecule has 7 atom stereocenters. The number of phosphoric acid groups is 2. The maximum atomic E-state index is 13.0. The van der Waals surface area contributed by atoms with E-state index in [-0.39, 0.29) is 25.7 Å². The average Bonchev–Trinajstić information content (AvgIpc) is 3.67. The molecule has 0 saturated heterocycles. The van der Waals surface area contributed by atoms with Crippen molar-refractivity contribution in [3.63, 3.8) is 0 Å². The molecule has 0 saturated carbocycles. The van der Waals surface area contributed by atoms with Gasteiger partial charge in [-0.2, -0.15) is 0 Å². The third-order valence-electron chi connectivity index (χ3n) is 16.1. The van der Waals surface area contributed by atoms with Gasteiger partial charge < -0.3 is 33.8 Å². The minimum Gasteiger partial charge on any atom is -0.462 e. The summed E-state index contributed by atoms with van der Waals surface area (Å²) in [4.78, 5) is 72.2. The fourth-order valence-corrected chi connectivity index (χ4v) is 11.5. The lowest BCUT2D eigenvalue weighted by Crippen LogP contribution is -2.30. The van der Waals surface area contributed by atoms with E-state index in [0.29, 0.717) is 25.7 Å². The molecule has 0 aromatic heterocycles. The van der Waals surface area contributed by atoms with Gasteiger partial charge in [0.25, 0.3) is 0 Å². The number of carbonyl (C=O) groups is 4. The van der Waals surface area contributed by atoms with Crippen LogP contribution in [0.1, 0.15) is 331 Å². The van der Waals surface area contributed by atoms with E-state index in [1.807, 2.05) is 0 Å². The lowest BCUT2D eigenvalue weighted by molar-refractivity contribution is -0.161. The van der Waals surface area contributed by atoms with Crippen LogP contribution >= 0.6 is 15.6 Å². The molecule has 0 bridgehead atoms. The summed E-state index contributed by atoms with van der Waals surface area (Å²) in [5.41, 5.74) is 0. The third kappa shape index (κ3) is 58.4. The number of phosphoric ester groups is 2. The molecule has 0 aromatic carbocycles. The van der Waals surface area contributed by atoms with Gasteiger partial charge in [-0.1, -0.05) is 280 Å². The van der Waals surface area contributed by atoms with E-state index in [1.54, 1.807) is 0 Å². The molecule has 4 unspecified atom stereocenters. The minimum absolute atomic E-state index is 0.105. The first-order valence-electron chi connectivity index (χ1n) is 34.9. The smallest absolute Gasteiger partial charge is 0.462 e. The van der Waals surface area contributed by atoms with Crippen LogP contribution in [0.2, 0.25) is 0 Å². The van der Waals surface area contributed by atoms with Crippen LogP contribution in [0, 0.1) is 17.8 Å². The van der Waals surface area contributed by atoms with Crippen LogP contribution in [0.3, 0.4) is 0 Å². The van der Waals surface area contributed by atoms with Crippen LogP contribution < -0.4 is 0 Å². The monoisotopic (exact) mass is 1270 g/mol. The summed E-state index contributed by atoms with van der Waals surface area (Å²) >= 11 is 0. The van der Waals surface area contributed by atoms with Crippen LogP contribution in [0.4, 0.5) is 0 Å². The number of aliphatic hydroxyl groups excluding tert-OH is 1. The van der Waals surface area contributed by atoms with Crippen LogP contribution in [-0.2, 0) is 65.4 Å². The van der Waals surface area contributed by atoms with Crippen molar-refractivity contribution in [3.8, 4) is 0 Å². The first-order chi connectivity index (χ1) is 41.3. The van der Waals surface area contributed by atoms with Crippen molar-refractivity contribution in [2.24, 2.45) is 17.8 Å². The molecule has 0 aromatic rings. The van der Waals surface area contributed by atoms with Gasteiger partial charge in [0.15, 0.2) is 12.2 Å².